The number of hydrogen-bond donors (Lipinski definition) is 2. The van der Waals surface area contributed by atoms with Crippen LogP contribution in [-0.2, 0) is 4.79 Å². The number of carbonyl (C=O) groups is 1. The van der Waals surface area contributed by atoms with E-state index in [1.54, 1.807) is 0 Å². The number of nitrogens with two attached hydrogens (primary N) is 1. The van der Waals surface area contributed by atoms with E-state index in [0.29, 0.717) is 5.92 Å². The quantitative estimate of drug-likeness (QED) is 0.670. The first-order valence-electron chi connectivity index (χ1n) is 7.80. The second kappa shape index (κ2) is 7.85. The summed E-state index contributed by atoms with van der Waals surface area (Å²) in [6, 6.07) is 0. The van der Waals surface area contributed by atoms with Gasteiger partial charge in [0.1, 0.15) is 5.54 Å². The number of amides is 1. The molecule has 0 spiro atoms. The molecule has 0 bridgehead atoms. The molecule has 1 aliphatic carbocycles. The van der Waals surface area contributed by atoms with Crippen LogP contribution in [0.2, 0.25) is 0 Å². The zero-order valence-corrected chi connectivity index (χ0v) is 12.9. The molecule has 1 aliphatic rings. The average molecular weight is 269 g/mol. The maximum absolute atomic E-state index is 12.0. The van der Waals surface area contributed by atoms with Crippen LogP contribution in [0.5, 0.6) is 0 Å². The van der Waals surface area contributed by atoms with Crippen molar-refractivity contribution in [3.05, 3.63) is 0 Å². The van der Waals surface area contributed by atoms with Crippen molar-refractivity contribution in [1.82, 2.24) is 10.2 Å². The van der Waals surface area contributed by atoms with Gasteiger partial charge in [0.2, 0.25) is 5.91 Å². The van der Waals surface area contributed by atoms with Crippen LogP contribution in [0, 0.1) is 5.92 Å². The Morgan fingerprint density at radius 2 is 2.11 bits per heavy atom. The summed E-state index contributed by atoms with van der Waals surface area (Å²) in [6.45, 7) is 7.38. The zero-order valence-electron chi connectivity index (χ0n) is 12.9. The Bertz CT molecular complexity index is 283. The molecule has 0 heterocycles. The average Bonchev–Trinajstić information content (AvgIpc) is 2.78. The minimum Gasteiger partial charge on any atom is -0.368 e. The minimum absolute atomic E-state index is 0.151. The lowest BCUT2D eigenvalue weighted by molar-refractivity contribution is -0.126. The third-order valence-electron chi connectivity index (χ3n) is 4.42. The van der Waals surface area contributed by atoms with Crippen LogP contribution in [0.3, 0.4) is 0 Å². The Kier molecular flexibility index (Phi) is 6.80. The summed E-state index contributed by atoms with van der Waals surface area (Å²) in [7, 11) is 2.16. The number of rotatable bonds is 9. The van der Waals surface area contributed by atoms with E-state index in [2.05, 4.69) is 31.1 Å². The topological polar surface area (TPSA) is 58.4 Å². The lowest BCUT2D eigenvalue weighted by atomic mass is 9.83. The van der Waals surface area contributed by atoms with Crippen molar-refractivity contribution in [2.75, 3.05) is 26.7 Å². The SMILES string of the molecule is CCCNC1(C(N)=O)CCCC1CCN(C)CCC. The van der Waals surface area contributed by atoms with Crippen LogP contribution in [0.25, 0.3) is 0 Å². The molecule has 1 rings (SSSR count). The Labute approximate surface area is 118 Å². The molecule has 0 aromatic heterocycles. The van der Waals surface area contributed by atoms with E-state index in [9.17, 15) is 4.79 Å². The second-order valence-corrected chi connectivity index (χ2v) is 5.94. The van der Waals surface area contributed by atoms with Crippen LogP contribution < -0.4 is 11.1 Å². The highest BCUT2D eigenvalue weighted by molar-refractivity contribution is 5.85. The molecule has 1 amide bonds. The van der Waals surface area contributed by atoms with Crippen molar-refractivity contribution in [3.8, 4) is 0 Å². The predicted octanol–water partition coefficient (Wildman–Crippen LogP) is 1.74. The van der Waals surface area contributed by atoms with Crippen LogP contribution >= 0.6 is 0 Å². The van der Waals surface area contributed by atoms with Gasteiger partial charge < -0.3 is 16.0 Å². The van der Waals surface area contributed by atoms with Gasteiger partial charge in [-0.25, -0.2) is 0 Å². The lowest BCUT2D eigenvalue weighted by Gasteiger charge is -2.34. The van der Waals surface area contributed by atoms with Crippen molar-refractivity contribution in [3.63, 3.8) is 0 Å². The monoisotopic (exact) mass is 269 g/mol. The Balaban J connectivity index is 2.60. The van der Waals surface area contributed by atoms with Gasteiger partial charge >= 0.3 is 0 Å². The molecule has 0 saturated heterocycles. The van der Waals surface area contributed by atoms with E-state index in [4.69, 9.17) is 5.73 Å². The smallest absolute Gasteiger partial charge is 0.238 e. The number of nitrogens with one attached hydrogen (secondary N) is 1. The van der Waals surface area contributed by atoms with Gasteiger partial charge in [0.25, 0.3) is 0 Å². The Hall–Kier alpha value is -0.610. The Morgan fingerprint density at radius 1 is 1.37 bits per heavy atom. The van der Waals surface area contributed by atoms with Crippen molar-refractivity contribution in [1.29, 1.82) is 0 Å². The molecule has 2 unspecified atom stereocenters. The molecule has 1 saturated carbocycles. The van der Waals surface area contributed by atoms with Crippen LogP contribution in [0.4, 0.5) is 0 Å². The number of primary amides is 1. The van der Waals surface area contributed by atoms with E-state index in [0.717, 1.165) is 51.7 Å². The molecule has 112 valence electrons. The first-order chi connectivity index (χ1) is 9.06. The first kappa shape index (κ1) is 16.4. The predicted molar refractivity (Wildman–Crippen MR) is 80.0 cm³/mol. The summed E-state index contributed by atoms with van der Waals surface area (Å²) in [5.41, 5.74) is 5.27. The largest absolute Gasteiger partial charge is 0.368 e. The van der Waals surface area contributed by atoms with Crippen molar-refractivity contribution in [2.45, 2.75) is 57.9 Å². The summed E-state index contributed by atoms with van der Waals surface area (Å²) < 4.78 is 0. The molecule has 3 N–H and O–H groups in total. The number of carbonyl (C=O) groups excluding carboxylic acids is 1. The van der Waals surface area contributed by atoms with Gasteiger partial charge in [0.15, 0.2) is 0 Å². The van der Waals surface area contributed by atoms with E-state index in [1.165, 1.54) is 6.42 Å². The van der Waals surface area contributed by atoms with Crippen molar-refractivity contribution < 1.29 is 4.79 Å². The fourth-order valence-electron chi connectivity index (χ4n) is 3.33. The highest BCUT2D eigenvalue weighted by Crippen LogP contribution is 2.38. The highest BCUT2D eigenvalue weighted by Gasteiger charge is 2.46. The summed E-state index contributed by atoms with van der Waals surface area (Å²) in [4.78, 5) is 14.3. The van der Waals surface area contributed by atoms with Crippen LogP contribution in [0.1, 0.15) is 52.4 Å². The van der Waals surface area contributed by atoms with Gasteiger partial charge in [-0.15, -0.1) is 0 Å². The molecule has 0 radical (unpaired) electrons. The van der Waals surface area contributed by atoms with Gasteiger partial charge in [-0.3, -0.25) is 4.79 Å². The van der Waals surface area contributed by atoms with Gasteiger partial charge in [-0.2, -0.15) is 0 Å². The molecule has 19 heavy (non-hydrogen) atoms. The number of hydrogen-bond acceptors (Lipinski definition) is 3. The molecule has 1 fully saturated rings. The molecule has 0 aromatic carbocycles. The summed E-state index contributed by atoms with van der Waals surface area (Å²) in [6.07, 6.45) is 6.43. The maximum atomic E-state index is 12.0. The molecule has 2 atom stereocenters. The second-order valence-electron chi connectivity index (χ2n) is 5.94. The van der Waals surface area contributed by atoms with E-state index >= 15 is 0 Å². The lowest BCUT2D eigenvalue weighted by Crippen LogP contribution is -2.58. The minimum atomic E-state index is -0.441. The number of nitrogens with zero attached hydrogens (tertiary/aromatic N) is 1. The third kappa shape index (κ3) is 4.18. The molecule has 0 aromatic rings. The fraction of sp³-hybridized carbons (Fsp3) is 0.933. The van der Waals surface area contributed by atoms with E-state index < -0.39 is 5.54 Å². The van der Waals surface area contributed by atoms with E-state index in [1.807, 2.05) is 0 Å². The molecule has 4 nitrogen and oxygen atoms in total. The molecular formula is C15H31N3O. The van der Waals surface area contributed by atoms with Crippen molar-refractivity contribution in [2.24, 2.45) is 11.7 Å². The van der Waals surface area contributed by atoms with Gasteiger partial charge in [-0.1, -0.05) is 20.3 Å². The zero-order chi connectivity index (χ0) is 14.3. The third-order valence-corrected chi connectivity index (χ3v) is 4.42. The highest BCUT2D eigenvalue weighted by atomic mass is 16.1. The standard InChI is InChI=1S/C15H31N3O/c1-4-10-17-15(14(16)19)9-6-7-13(15)8-12-18(3)11-5-2/h13,17H,4-12H2,1-3H3,(H2,16,19). The summed E-state index contributed by atoms with van der Waals surface area (Å²) in [5.74, 6) is 0.248. The molecule has 0 aliphatic heterocycles. The molecule has 4 heteroatoms. The molecular weight excluding hydrogens is 238 g/mol. The fourth-order valence-corrected chi connectivity index (χ4v) is 3.33. The summed E-state index contributed by atoms with van der Waals surface area (Å²) >= 11 is 0. The van der Waals surface area contributed by atoms with Crippen molar-refractivity contribution >= 4 is 5.91 Å². The van der Waals surface area contributed by atoms with E-state index in [-0.39, 0.29) is 5.91 Å². The van der Waals surface area contributed by atoms with Gasteiger partial charge in [-0.05, 0) is 64.7 Å². The maximum Gasteiger partial charge on any atom is 0.238 e. The van der Waals surface area contributed by atoms with Gasteiger partial charge in [0, 0.05) is 0 Å². The van der Waals surface area contributed by atoms with Gasteiger partial charge in [0.05, 0.1) is 0 Å². The Morgan fingerprint density at radius 3 is 2.68 bits per heavy atom. The van der Waals surface area contributed by atoms with Crippen LogP contribution in [0.15, 0.2) is 0 Å². The first-order valence-corrected chi connectivity index (χ1v) is 7.80. The van der Waals surface area contributed by atoms with Crippen LogP contribution in [-0.4, -0.2) is 43.0 Å². The normalized spacial score (nSPS) is 27.1. The summed E-state index contributed by atoms with van der Waals surface area (Å²) in [5, 5.41) is 3.46.